The first-order chi connectivity index (χ1) is 10.3. The predicted octanol–water partition coefficient (Wildman–Crippen LogP) is 2.22. The summed E-state index contributed by atoms with van der Waals surface area (Å²) in [4.78, 5) is 12.0. The van der Waals surface area contributed by atoms with Crippen LogP contribution >= 0.6 is 0 Å². The van der Waals surface area contributed by atoms with E-state index in [1.807, 2.05) is 24.3 Å². The van der Waals surface area contributed by atoms with Crippen molar-refractivity contribution in [3.63, 3.8) is 0 Å². The number of fused-ring (bicyclic) bond motifs is 1. The third kappa shape index (κ3) is 3.16. The van der Waals surface area contributed by atoms with Gasteiger partial charge < -0.3 is 15.4 Å². The van der Waals surface area contributed by atoms with E-state index in [4.69, 9.17) is 4.74 Å². The molecule has 0 unspecified atom stereocenters. The van der Waals surface area contributed by atoms with Gasteiger partial charge in [-0.15, -0.1) is 0 Å². The van der Waals surface area contributed by atoms with Crippen LogP contribution in [0.15, 0.2) is 36.4 Å². The lowest BCUT2D eigenvalue weighted by atomic mass is 10.1. The van der Waals surface area contributed by atoms with Crippen molar-refractivity contribution in [2.75, 3.05) is 13.7 Å². The molecule has 4 heteroatoms. The van der Waals surface area contributed by atoms with Crippen molar-refractivity contribution in [1.29, 1.82) is 0 Å². The molecule has 1 heterocycles. The van der Waals surface area contributed by atoms with Gasteiger partial charge in [-0.3, -0.25) is 4.79 Å². The molecule has 110 valence electrons. The van der Waals surface area contributed by atoms with Gasteiger partial charge in [0.05, 0.1) is 13.2 Å². The van der Waals surface area contributed by atoms with Gasteiger partial charge in [0.15, 0.2) is 0 Å². The minimum Gasteiger partial charge on any atom is -0.497 e. The van der Waals surface area contributed by atoms with E-state index in [1.165, 1.54) is 0 Å². The summed E-state index contributed by atoms with van der Waals surface area (Å²) in [5.41, 5.74) is 1.11. The second kappa shape index (κ2) is 6.14. The summed E-state index contributed by atoms with van der Waals surface area (Å²) < 4.78 is 5.22. The molecular formula is C17H20N2O2. The molecule has 2 aromatic carbocycles. The predicted molar refractivity (Wildman–Crippen MR) is 83.4 cm³/mol. The van der Waals surface area contributed by atoms with Gasteiger partial charge in [0.25, 0.3) is 0 Å². The first-order valence-corrected chi connectivity index (χ1v) is 7.34. The van der Waals surface area contributed by atoms with Gasteiger partial charge in [-0.25, -0.2) is 0 Å². The quantitative estimate of drug-likeness (QED) is 0.905. The lowest BCUT2D eigenvalue weighted by Gasteiger charge is -2.11. The first-order valence-electron chi connectivity index (χ1n) is 7.34. The van der Waals surface area contributed by atoms with Gasteiger partial charge in [0.2, 0.25) is 5.91 Å². The summed E-state index contributed by atoms with van der Waals surface area (Å²) in [6.07, 6.45) is 2.01. The topological polar surface area (TPSA) is 50.4 Å². The van der Waals surface area contributed by atoms with E-state index in [1.54, 1.807) is 7.11 Å². The molecule has 2 aromatic rings. The maximum absolute atomic E-state index is 12.0. The summed E-state index contributed by atoms with van der Waals surface area (Å²) in [6.45, 7) is 1.51. The fourth-order valence-corrected chi connectivity index (χ4v) is 2.73. The molecule has 0 radical (unpaired) electrons. The Morgan fingerprint density at radius 1 is 1.29 bits per heavy atom. The average molecular weight is 284 g/mol. The Labute approximate surface area is 124 Å². The van der Waals surface area contributed by atoms with Crippen LogP contribution < -0.4 is 15.4 Å². The van der Waals surface area contributed by atoms with Crippen LogP contribution in [0.5, 0.6) is 5.75 Å². The van der Waals surface area contributed by atoms with Crippen molar-refractivity contribution >= 4 is 16.7 Å². The molecule has 1 aliphatic heterocycles. The van der Waals surface area contributed by atoms with E-state index < -0.39 is 0 Å². The van der Waals surface area contributed by atoms with Crippen molar-refractivity contribution in [3.8, 4) is 5.75 Å². The van der Waals surface area contributed by atoms with Crippen LogP contribution in [0.3, 0.4) is 0 Å². The average Bonchev–Trinajstić information content (AvgIpc) is 3.06. The number of hydrogen-bond donors (Lipinski definition) is 2. The van der Waals surface area contributed by atoms with Gasteiger partial charge in [0.1, 0.15) is 5.75 Å². The smallest absolute Gasteiger partial charge is 0.237 e. The number of ether oxygens (including phenoxy) is 1. The van der Waals surface area contributed by atoms with E-state index in [0.717, 1.165) is 41.5 Å². The van der Waals surface area contributed by atoms with Crippen LogP contribution in [0, 0.1) is 0 Å². The zero-order valence-electron chi connectivity index (χ0n) is 12.2. The van der Waals surface area contributed by atoms with Crippen molar-refractivity contribution < 1.29 is 9.53 Å². The molecule has 0 aliphatic carbocycles. The van der Waals surface area contributed by atoms with Crippen LogP contribution in [0.4, 0.5) is 0 Å². The van der Waals surface area contributed by atoms with Gasteiger partial charge in [-0.1, -0.05) is 18.2 Å². The summed E-state index contributed by atoms with van der Waals surface area (Å²) in [7, 11) is 1.67. The number of carbonyl (C=O) groups is 1. The molecule has 0 aromatic heterocycles. The highest BCUT2D eigenvalue weighted by molar-refractivity contribution is 5.85. The fraction of sp³-hybridized carbons (Fsp3) is 0.353. The molecule has 4 nitrogen and oxygen atoms in total. The summed E-state index contributed by atoms with van der Waals surface area (Å²) in [6, 6.07) is 12.2. The Kier molecular flexibility index (Phi) is 4.06. The van der Waals surface area contributed by atoms with E-state index in [-0.39, 0.29) is 11.9 Å². The molecule has 1 fully saturated rings. The lowest BCUT2D eigenvalue weighted by molar-refractivity contribution is -0.122. The summed E-state index contributed by atoms with van der Waals surface area (Å²) >= 11 is 0. The van der Waals surface area contributed by atoms with E-state index in [0.29, 0.717) is 6.54 Å². The molecule has 21 heavy (non-hydrogen) atoms. The number of amides is 1. The Morgan fingerprint density at radius 2 is 2.10 bits per heavy atom. The normalized spacial score (nSPS) is 17.9. The van der Waals surface area contributed by atoms with Crippen molar-refractivity contribution in [2.24, 2.45) is 0 Å². The minimum atomic E-state index is -0.0188. The highest BCUT2D eigenvalue weighted by Gasteiger charge is 2.21. The van der Waals surface area contributed by atoms with Crippen molar-refractivity contribution in [2.45, 2.75) is 25.4 Å². The molecule has 1 saturated heterocycles. The molecular weight excluding hydrogens is 264 g/mol. The molecule has 0 bridgehead atoms. The Morgan fingerprint density at radius 3 is 2.86 bits per heavy atom. The highest BCUT2D eigenvalue weighted by atomic mass is 16.5. The Balaban J connectivity index is 1.68. The van der Waals surface area contributed by atoms with Crippen LogP contribution in [-0.2, 0) is 11.3 Å². The van der Waals surface area contributed by atoms with Crippen molar-refractivity contribution in [3.05, 3.63) is 42.0 Å². The van der Waals surface area contributed by atoms with E-state index >= 15 is 0 Å². The van der Waals surface area contributed by atoms with Gasteiger partial charge in [-0.2, -0.15) is 0 Å². The number of benzene rings is 2. The highest BCUT2D eigenvalue weighted by Crippen LogP contribution is 2.21. The van der Waals surface area contributed by atoms with Gasteiger partial charge >= 0.3 is 0 Å². The molecule has 0 spiro atoms. The number of rotatable bonds is 4. The lowest BCUT2D eigenvalue weighted by Crippen LogP contribution is -2.39. The van der Waals surface area contributed by atoms with Crippen LogP contribution in [0.1, 0.15) is 18.4 Å². The monoisotopic (exact) mass is 284 g/mol. The molecule has 0 saturated carbocycles. The number of methoxy groups -OCH3 is 1. The minimum absolute atomic E-state index is 0.0188. The van der Waals surface area contributed by atoms with Crippen LogP contribution in [-0.4, -0.2) is 25.6 Å². The SMILES string of the molecule is COc1ccc2cc(CNC(=O)[C@H]3CCCN3)ccc2c1. The number of nitrogens with one attached hydrogen (secondary N) is 2. The Bertz CT molecular complexity index is 648. The van der Waals surface area contributed by atoms with Gasteiger partial charge in [-0.05, 0) is 53.9 Å². The molecule has 1 aliphatic rings. The maximum Gasteiger partial charge on any atom is 0.237 e. The van der Waals surface area contributed by atoms with Crippen LogP contribution in [0.2, 0.25) is 0 Å². The van der Waals surface area contributed by atoms with E-state index in [2.05, 4.69) is 22.8 Å². The van der Waals surface area contributed by atoms with Crippen LogP contribution in [0.25, 0.3) is 10.8 Å². The third-order valence-electron chi connectivity index (χ3n) is 3.96. The largest absolute Gasteiger partial charge is 0.497 e. The summed E-state index contributed by atoms with van der Waals surface area (Å²) in [5, 5.41) is 8.51. The fourth-order valence-electron chi connectivity index (χ4n) is 2.73. The Hall–Kier alpha value is -2.07. The van der Waals surface area contributed by atoms with Gasteiger partial charge in [0, 0.05) is 6.54 Å². The molecule has 1 amide bonds. The first kappa shape index (κ1) is 13.9. The second-order valence-electron chi connectivity index (χ2n) is 5.41. The molecule has 2 N–H and O–H groups in total. The molecule has 1 atom stereocenters. The number of hydrogen-bond acceptors (Lipinski definition) is 3. The zero-order valence-corrected chi connectivity index (χ0v) is 12.2. The van der Waals surface area contributed by atoms with Crippen molar-refractivity contribution in [1.82, 2.24) is 10.6 Å². The summed E-state index contributed by atoms with van der Waals surface area (Å²) in [5.74, 6) is 0.957. The third-order valence-corrected chi connectivity index (χ3v) is 3.96. The molecule has 3 rings (SSSR count). The second-order valence-corrected chi connectivity index (χ2v) is 5.41. The van der Waals surface area contributed by atoms with E-state index in [9.17, 15) is 4.79 Å². The standard InChI is InChI=1S/C17H20N2O2/c1-21-15-7-6-13-9-12(4-5-14(13)10-15)11-19-17(20)16-3-2-8-18-16/h4-7,9-10,16,18H,2-3,8,11H2,1H3,(H,19,20)/t16-/m1/s1. The number of carbonyl (C=O) groups excluding carboxylic acids is 1. The maximum atomic E-state index is 12.0. The zero-order chi connectivity index (χ0) is 14.7.